The number of aliphatic hydroxyl groups excluding tert-OH is 1. The van der Waals surface area contributed by atoms with Crippen molar-refractivity contribution >= 4 is 35.0 Å². The summed E-state index contributed by atoms with van der Waals surface area (Å²) in [6, 6.07) is 4.55. The van der Waals surface area contributed by atoms with Gasteiger partial charge >= 0.3 is 6.18 Å². The van der Waals surface area contributed by atoms with Crippen LogP contribution in [0.2, 0.25) is 0 Å². The van der Waals surface area contributed by atoms with Crippen LogP contribution in [0.3, 0.4) is 0 Å². The number of nitrogens with one attached hydrogen (secondary N) is 2. The molecule has 1 aliphatic carbocycles. The molecular weight excluding hydrogens is 517 g/mol. The molecule has 0 spiro atoms. The fraction of sp³-hybridized carbons (Fsp3) is 0.538. The second kappa shape index (κ2) is 10.9. The molecule has 1 aliphatic heterocycles. The Kier molecular flexibility index (Phi) is 7.92. The summed E-state index contributed by atoms with van der Waals surface area (Å²) in [6.45, 7) is 3.40. The lowest BCUT2D eigenvalue weighted by molar-refractivity contribution is -0.201. The molecule has 2 heterocycles. The summed E-state index contributed by atoms with van der Waals surface area (Å²) in [5, 5.41) is 14.3. The van der Waals surface area contributed by atoms with Gasteiger partial charge in [-0.3, -0.25) is 9.59 Å². The number of fused-ring (bicyclic) bond motifs is 1. The van der Waals surface area contributed by atoms with Gasteiger partial charge in [-0.25, -0.2) is 4.98 Å². The first-order chi connectivity index (χ1) is 18.3. The van der Waals surface area contributed by atoms with Gasteiger partial charge in [-0.05, 0) is 44.9 Å². The second-order valence-corrected chi connectivity index (χ2v) is 10.5. The molecule has 1 unspecified atom stereocenters. The van der Waals surface area contributed by atoms with E-state index in [2.05, 4.69) is 20.5 Å². The minimum Gasteiger partial charge on any atom is -0.495 e. The minimum atomic E-state index is -4.84. The van der Waals surface area contributed by atoms with Gasteiger partial charge in [-0.1, -0.05) is 12.8 Å². The van der Waals surface area contributed by atoms with Crippen molar-refractivity contribution in [2.45, 2.75) is 57.9 Å². The summed E-state index contributed by atoms with van der Waals surface area (Å²) in [7, 11) is 3.11. The molecule has 4 rings (SSSR count). The number of methoxy groups -OCH3 is 1. The van der Waals surface area contributed by atoms with Crippen LogP contribution in [-0.2, 0) is 4.79 Å². The van der Waals surface area contributed by atoms with Gasteiger partial charge in [-0.15, -0.1) is 0 Å². The lowest BCUT2D eigenvalue weighted by Gasteiger charge is -2.34. The van der Waals surface area contributed by atoms with Gasteiger partial charge < -0.3 is 30.3 Å². The Morgan fingerprint density at radius 2 is 1.97 bits per heavy atom. The lowest BCUT2D eigenvalue weighted by Crippen LogP contribution is -2.45. The molecule has 1 atom stereocenters. The van der Waals surface area contributed by atoms with Gasteiger partial charge in [0.15, 0.2) is 11.9 Å². The normalized spacial score (nSPS) is 18.4. The predicted octanol–water partition coefficient (Wildman–Crippen LogP) is 3.63. The first kappa shape index (κ1) is 28.4. The van der Waals surface area contributed by atoms with E-state index in [-0.39, 0.29) is 29.2 Å². The third-order valence-corrected chi connectivity index (χ3v) is 7.14. The summed E-state index contributed by atoms with van der Waals surface area (Å²) in [5.74, 6) is 0.317. The molecule has 1 saturated carbocycles. The molecule has 3 N–H and O–H groups in total. The van der Waals surface area contributed by atoms with Crippen molar-refractivity contribution in [1.82, 2.24) is 15.3 Å². The van der Waals surface area contributed by atoms with Crippen LogP contribution in [0.5, 0.6) is 5.75 Å². The molecule has 39 heavy (non-hydrogen) atoms. The van der Waals surface area contributed by atoms with Crippen LogP contribution in [0.15, 0.2) is 24.4 Å². The van der Waals surface area contributed by atoms with Gasteiger partial charge in [0.1, 0.15) is 11.4 Å². The number of hydrogen-bond acceptors (Lipinski definition) is 8. The number of carbonyl (C=O) groups excluding carboxylic acids is 2. The number of ether oxygens (including phenoxy) is 1. The molecule has 0 saturated heterocycles. The zero-order valence-corrected chi connectivity index (χ0v) is 22.3. The smallest absolute Gasteiger partial charge is 0.416 e. The van der Waals surface area contributed by atoms with Crippen molar-refractivity contribution in [2.24, 2.45) is 5.41 Å². The van der Waals surface area contributed by atoms with Crippen molar-refractivity contribution in [3.05, 3.63) is 30.0 Å². The maximum Gasteiger partial charge on any atom is 0.416 e. The number of rotatable bonds is 7. The average Bonchev–Trinajstić information content (AvgIpc) is 3.41. The van der Waals surface area contributed by atoms with Gasteiger partial charge in [0.2, 0.25) is 11.9 Å². The van der Waals surface area contributed by atoms with Gasteiger partial charge in [0.05, 0.1) is 31.0 Å². The standard InChI is InChI=1S/C26H33F3N6O4/c1-25(2)14-35(16-7-5-6-8-16)21-18(34(3)23(25)38)12-31-24(33-21)32-17-10-9-15(11-19(17)39-4)22(37)30-13-20(36)26(27,28)29/h9-12,16,20,36H,5-8,13-14H2,1-4H3,(H,30,37)(H,31,32,33). The van der Waals surface area contributed by atoms with Crippen LogP contribution >= 0.6 is 0 Å². The Morgan fingerprint density at radius 3 is 2.62 bits per heavy atom. The van der Waals surface area contributed by atoms with Crippen LogP contribution < -0.4 is 25.2 Å². The van der Waals surface area contributed by atoms with Crippen molar-refractivity contribution < 1.29 is 32.6 Å². The molecule has 2 aromatic rings. The molecule has 0 radical (unpaired) electrons. The van der Waals surface area contributed by atoms with Crippen molar-refractivity contribution in [2.75, 3.05) is 42.4 Å². The van der Waals surface area contributed by atoms with Crippen molar-refractivity contribution in [3.8, 4) is 5.75 Å². The highest BCUT2D eigenvalue weighted by molar-refractivity contribution is 6.01. The van der Waals surface area contributed by atoms with E-state index in [1.165, 1.54) is 25.3 Å². The fourth-order valence-electron chi connectivity index (χ4n) is 4.99. The third-order valence-electron chi connectivity index (χ3n) is 7.14. The highest BCUT2D eigenvalue weighted by Crippen LogP contribution is 2.40. The fourth-order valence-corrected chi connectivity index (χ4v) is 4.99. The van der Waals surface area contributed by atoms with Crippen LogP contribution in [0, 0.1) is 5.41 Å². The number of carbonyl (C=O) groups is 2. The van der Waals surface area contributed by atoms with Gasteiger partial charge in [0.25, 0.3) is 5.91 Å². The number of nitrogens with zero attached hydrogens (tertiary/aromatic N) is 4. The third kappa shape index (κ3) is 6.02. The minimum absolute atomic E-state index is 0.0214. The molecule has 2 aliphatic rings. The summed E-state index contributed by atoms with van der Waals surface area (Å²) < 4.78 is 43.0. The number of aromatic nitrogens is 2. The van der Waals surface area contributed by atoms with E-state index in [0.29, 0.717) is 23.7 Å². The SMILES string of the molecule is COc1cc(C(=O)NCC(O)C(F)(F)F)ccc1Nc1ncc2c(n1)N(C1CCCC1)CC(C)(C)C(=O)N2C. The Bertz CT molecular complexity index is 1230. The van der Waals surface area contributed by atoms with E-state index in [9.17, 15) is 22.8 Å². The highest BCUT2D eigenvalue weighted by Gasteiger charge is 2.41. The van der Waals surface area contributed by atoms with Gasteiger partial charge in [0, 0.05) is 25.2 Å². The summed E-state index contributed by atoms with van der Waals surface area (Å²) in [5.41, 5.74) is 0.462. The maximum absolute atomic E-state index is 13.2. The zero-order valence-electron chi connectivity index (χ0n) is 22.3. The van der Waals surface area contributed by atoms with Crippen LogP contribution in [-0.4, -0.2) is 72.5 Å². The average molecular weight is 551 g/mol. The zero-order chi connectivity index (χ0) is 28.5. The van der Waals surface area contributed by atoms with E-state index in [4.69, 9.17) is 14.8 Å². The van der Waals surface area contributed by atoms with E-state index >= 15 is 0 Å². The van der Waals surface area contributed by atoms with Crippen molar-refractivity contribution in [1.29, 1.82) is 0 Å². The van der Waals surface area contributed by atoms with E-state index in [1.807, 2.05) is 13.8 Å². The van der Waals surface area contributed by atoms with Gasteiger partial charge in [-0.2, -0.15) is 18.2 Å². The topological polar surface area (TPSA) is 120 Å². The van der Waals surface area contributed by atoms with Crippen LogP contribution in [0.1, 0.15) is 49.9 Å². The Labute approximate surface area is 224 Å². The molecule has 1 fully saturated rings. The lowest BCUT2D eigenvalue weighted by atomic mass is 9.91. The maximum atomic E-state index is 13.2. The Balaban J connectivity index is 1.59. The molecule has 1 aromatic carbocycles. The second-order valence-electron chi connectivity index (χ2n) is 10.5. The number of halogens is 3. The summed E-state index contributed by atoms with van der Waals surface area (Å²) in [4.78, 5) is 38.5. The predicted molar refractivity (Wildman–Crippen MR) is 139 cm³/mol. The molecule has 212 valence electrons. The molecule has 1 aromatic heterocycles. The number of anilines is 4. The quantitative estimate of drug-likeness (QED) is 0.478. The number of benzene rings is 1. The number of hydrogen-bond donors (Lipinski definition) is 3. The molecule has 0 bridgehead atoms. The summed E-state index contributed by atoms with van der Waals surface area (Å²) >= 11 is 0. The summed E-state index contributed by atoms with van der Waals surface area (Å²) in [6.07, 6.45) is -1.65. The van der Waals surface area contributed by atoms with Crippen molar-refractivity contribution in [3.63, 3.8) is 0 Å². The number of alkyl halides is 3. The molecular formula is C26H33F3N6O4. The number of aliphatic hydroxyl groups is 1. The van der Waals surface area contributed by atoms with Crippen LogP contribution in [0.25, 0.3) is 0 Å². The van der Waals surface area contributed by atoms with Crippen LogP contribution in [0.4, 0.5) is 36.3 Å². The molecule has 10 nitrogen and oxygen atoms in total. The van der Waals surface area contributed by atoms with E-state index in [1.54, 1.807) is 18.1 Å². The molecule has 13 heteroatoms. The first-order valence-electron chi connectivity index (χ1n) is 12.7. The number of amides is 2. The molecule has 2 amide bonds. The first-order valence-corrected chi connectivity index (χ1v) is 12.7. The largest absolute Gasteiger partial charge is 0.495 e. The Hall–Kier alpha value is -3.61. The van der Waals surface area contributed by atoms with E-state index < -0.39 is 30.1 Å². The van der Waals surface area contributed by atoms with E-state index in [0.717, 1.165) is 25.7 Å². The Morgan fingerprint density at radius 1 is 1.28 bits per heavy atom. The highest BCUT2D eigenvalue weighted by atomic mass is 19.4. The monoisotopic (exact) mass is 550 g/mol.